The molecule has 0 aliphatic carbocycles. The van der Waals surface area contributed by atoms with Gasteiger partial charge in [-0.05, 0) is 12.5 Å². The van der Waals surface area contributed by atoms with E-state index < -0.39 is 6.00 Å². The van der Waals surface area contributed by atoms with E-state index in [1.165, 1.54) is 0 Å². The summed E-state index contributed by atoms with van der Waals surface area (Å²) in [6, 6.07) is -1.58. The minimum absolute atomic E-state index is 0. The molecule has 0 saturated carbocycles. The van der Waals surface area contributed by atoms with Crippen molar-refractivity contribution < 1.29 is 16.9 Å². The maximum Gasteiger partial charge on any atom is 0.341 e. The zero-order valence-electron chi connectivity index (χ0n) is 7.58. The van der Waals surface area contributed by atoms with Gasteiger partial charge in [0.15, 0.2) is 0 Å². The van der Waals surface area contributed by atoms with Crippen molar-refractivity contribution in [1.82, 2.24) is 0 Å². The van der Waals surface area contributed by atoms with Crippen LogP contribution >= 0.6 is 33.2 Å². The number of hydrogen-bond acceptors (Lipinski definition) is 0. The van der Waals surface area contributed by atoms with Gasteiger partial charge in [-0.3, -0.25) is 0 Å². The van der Waals surface area contributed by atoms with Crippen LogP contribution in [0, 0.1) is 0 Å². The highest BCUT2D eigenvalue weighted by molar-refractivity contribution is 7.64. The second kappa shape index (κ2) is 5.94. The molecule has 76 valence electrons. The van der Waals surface area contributed by atoms with Gasteiger partial charge in [0.05, 0.1) is 27.7 Å². The molecule has 0 rings (SSSR count). The van der Waals surface area contributed by atoms with Crippen molar-refractivity contribution in [2.24, 2.45) is 0 Å². The van der Waals surface area contributed by atoms with Gasteiger partial charge in [-0.15, -0.1) is 33.2 Å². The van der Waals surface area contributed by atoms with E-state index in [0.717, 1.165) is 23.5 Å². The Hall–Kier alpha value is 1.34. The van der Waals surface area contributed by atoms with Crippen LogP contribution in [0.2, 0.25) is 6.04 Å². The van der Waals surface area contributed by atoms with Gasteiger partial charge in [0, 0.05) is 0 Å². The van der Waals surface area contributed by atoms with Gasteiger partial charge in [-0.25, -0.2) is 0 Å². The van der Waals surface area contributed by atoms with Crippen molar-refractivity contribution in [3.63, 3.8) is 0 Å². The molecule has 0 amide bonds. The number of hydrogen-bond donors (Lipinski definition) is 0. The molecule has 0 heterocycles. The van der Waals surface area contributed by atoms with Gasteiger partial charge in [-0.1, -0.05) is 0 Å². The first-order valence-electron chi connectivity index (χ1n) is 3.58. The zero-order valence-corrected chi connectivity index (χ0v) is 11.6. The predicted octanol–water partition coefficient (Wildman–Crippen LogP) is -0.258. The molecule has 0 aliphatic heterocycles. The first kappa shape index (κ1) is 15.8. The van der Waals surface area contributed by atoms with Gasteiger partial charge in [0.1, 0.15) is 0 Å². The fourth-order valence-electron chi connectivity index (χ4n) is 0.754. The minimum atomic E-state index is -2.35. The van der Waals surface area contributed by atoms with Crippen molar-refractivity contribution in [3.8, 4) is 0 Å². The van der Waals surface area contributed by atoms with E-state index in [9.17, 15) is 0 Å². The summed E-state index contributed by atoms with van der Waals surface area (Å²) in [6.07, 6.45) is 1.01. The van der Waals surface area contributed by atoms with Crippen molar-refractivity contribution in [1.29, 1.82) is 0 Å². The number of nitrogens with zero attached hydrogens (tertiary/aromatic N) is 1. The Labute approximate surface area is 96.1 Å². The molecule has 0 spiro atoms. The molecule has 0 radical (unpaired) electrons. The van der Waals surface area contributed by atoms with E-state index in [-0.39, 0.29) is 12.4 Å². The topological polar surface area (TPSA) is 0 Å². The van der Waals surface area contributed by atoms with Crippen molar-refractivity contribution in [2.45, 2.75) is 12.5 Å². The molecule has 0 bridgehead atoms. The fourth-order valence-corrected chi connectivity index (χ4v) is 2.52. The molecule has 0 atom stereocenters. The lowest BCUT2D eigenvalue weighted by atomic mass is 10.4. The van der Waals surface area contributed by atoms with E-state index in [1.807, 2.05) is 0 Å². The second-order valence-electron chi connectivity index (χ2n) is 3.73. The molecule has 0 aliphatic rings. The lowest BCUT2D eigenvalue weighted by Gasteiger charge is -2.24. The second-order valence-corrected chi connectivity index (χ2v) is 13.0. The average Bonchev–Trinajstić information content (AvgIpc) is 1.55. The van der Waals surface area contributed by atoms with Crippen molar-refractivity contribution >= 4 is 39.2 Å². The van der Waals surface area contributed by atoms with Crippen LogP contribution in [-0.4, -0.2) is 38.2 Å². The SMILES string of the molecule is C[N+](C)(C)CCC[Si](Cl)(Cl)Cl.[Cl-]. The summed E-state index contributed by atoms with van der Waals surface area (Å²) in [7, 11) is 6.42. The molecule has 6 heteroatoms. The Morgan fingerprint density at radius 1 is 1.08 bits per heavy atom. The Balaban J connectivity index is 0. The summed E-state index contributed by atoms with van der Waals surface area (Å²) in [5.74, 6) is 0. The Morgan fingerprint density at radius 2 is 1.50 bits per heavy atom. The van der Waals surface area contributed by atoms with Crippen LogP contribution in [0.15, 0.2) is 0 Å². The summed E-state index contributed by atoms with van der Waals surface area (Å²) in [6.45, 7) is 1.07. The van der Waals surface area contributed by atoms with E-state index in [0.29, 0.717) is 0 Å². The van der Waals surface area contributed by atoms with E-state index >= 15 is 0 Å². The third-order valence-electron chi connectivity index (χ3n) is 1.29. The Bertz CT molecular complexity index is 104. The molecule has 0 aromatic carbocycles. The van der Waals surface area contributed by atoms with Crippen LogP contribution in [0.5, 0.6) is 0 Å². The lowest BCUT2D eigenvalue weighted by Crippen LogP contribution is -3.00. The summed E-state index contributed by atoms with van der Waals surface area (Å²) in [4.78, 5) is 0. The molecule has 12 heavy (non-hydrogen) atoms. The number of quaternary nitrogens is 1. The quantitative estimate of drug-likeness (QED) is 0.375. The summed E-state index contributed by atoms with van der Waals surface area (Å²) >= 11 is 17.2. The van der Waals surface area contributed by atoms with Crippen molar-refractivity contribution in [3.05, 3.63) is 0 Å². The Morgan fingerprint density at radius 3 is 1.75 bits per heavy atom. The van der Waals surface area contributed by atoms with Gasteiger partial charge < -0.3 is 16.9 Å². The third-order valence-corrected chi connectivity index (χ3v) is 3.91. The molecular weight excluding hydrogens is 256 g/mol. The standard InChI is InChI=1S/C6H15Cl3NSi.ClH/c1-10(2,3)5-4-6-11(7,8)9;/h4-6H2,1-3H3;1H/q+1;/p-1. The van der Waals surface area contributed by atoms with Gasteiger partial charge in [0.25, 0.3) is 0 Å². The van der Waals surface area contributed by atoms with Crippen LogP contribution in [0.25, 0.3) is 0 Å². The van der Waals surface area contributed by atoms with Crippen LogP contribution in [0.3, 0.4) is 0 Å². The zero-order chi connectivity index (χ0) is 9.12. The summed E-state index contributed by atoms with van der Waals surface area (Å²) < 4.78 is 0.940. The average molecular weight is 271 g/mol. The smallest absolute Gasteiger partial charge is 0.341 e. The van der Waals surface area contributed by atoms with Gasteiger partial charge >= 0.3 is 6.00 Å². The predicted molar refractivity (Wildman–Crippen MR) is 55.6 cm³/mol. The molecule has 0 aromatic rings. The first-order chi connectivity index (χ1) is 4.71. The minimum Gasteiger partial charge on any atom is -1.00 e. The largest absolute Gasteiger partial charge is 1.00 e. The molecular formula is C6H15Cl4NSi. The fraction of sp³-hybridized carbons (Fsp3) is 1.00. The highest BCUT2D eigenvalue weighted by Crippen LogP contribution is 2.26. The van der Waals surface area contributed by atoms with Crippen LogP contribution < -0.4 is 12.4 Å². The Kier molecular flexibility index (Phi) is 7.82. The maximum atomic E-state index is 5.72. The highest BCUT2D eigenvalue weighted by Gasteiger charge is 2.25. The number of halogens is 4. The molecule has 0 N–H and O–H groups in total. The van der Waals surface area contributed by atoms with E-state index in [2.05, 4.69) is 21.1 Å². The van der Waals surface area contributed by atoms with E-state index in [4.69, 9.17) is 33.2 Å². The summed E-state index contributed by atoms with van der Waals surface area (Å²) in [5.41, 5.74) is 0. The molecule has 0 fully saturated rings. The lowest BCUT2D eigenvalue weighted by molar-refractivity contribution is -0.870. The molecule has 0 aromatic heterocycles. The van der Waals surface area contributed by atoms with Gasteiger partial charge in [0.2, 0.25) is 0 Å². The summed E-state index contributed by atoms with van der Waals surface area (Å²) in [5, 5.41) is 0. The van der Waals surface area contributed by atoms with Crippen LogP contribution in [0.4, 0.5) is 0 Å². The van der Waals surface area contributed by atoms with Gasteiger partial charge in [-0.2, -0.15) is 0 Å². The first-order valence-corrected chi connectivity index (χ1v) is 8.82. The third kappa shape index (κ3) is 13.9. The van der Waals surface area contributed by atoms with Crippen LogP contribution in [-0.2, 0) is 0 Å². The van der Waals surface area contributed by atoms with E-state index in [1.54, 1.807) is 0 Å². The molecule has 0 saturated heterocycles. The maximum absolute atomic E-state index is 5.72. The number of rotatable bonds is 4. The van der Waals surface area contributed by atoms with Crippen LogP contribution in [0.1, 0.15) is 6.42 Å². The highest BCUT2D eigenvalue weighted by atomic mass is 35.8. The van der Waals surface area contributed by atoms with Crippen molar-refractivity contribution in [2.75, 3.05) is 27.7 Å². The molecule has 0 unspecified atom stereocenters. The normalized spacial score (nSPS) is 12.5. The molecule has 1 nitrogen and oxygen atoms in total. The monoisotopic (exact) mass is 269 g/mol.